The van der Waals surface area contributed by atoms with Crippen molar-refractivity contribution in [1.82, 2.24) is 19.6 Å². The third-order valence-corrected chi connectivity index (χ3v) is 3.68. The van der Waals surface area contributed by atoms with Gasteiger partial charge in [-0.3, -0.25) is 4.98 Å². The van der Waals surface area contributed by atoms with E-state index in [1.54, 1.807) is 31.1 Å². The molecular weight excluding hydrogens is 290 g/mol. The van der Waals surface area contributed by atoms with Crippen molar-refractivity contribution in [3.63, 3.8) is 0 Å². The highest BCUT2D eigenvalue weighted by molar-refractivity contribution is 5.77. The summed E-state index contributed by atoms with van der Waals surface area (Å²) in [4.78, 5) is 8.56. The van der Waals surface area contributed by atoms with Gasteiger partial charge in [0.15, 0.2) is 5.65 Å². The van der Waals surface area contributed by atoms with Crippen molar-refractivity contribution in [3.05, 3.63) is 67.1 Å². The zero-order valence-corrected chi connectivity index (χ0v) is 12.4. The zero-order chi connectivity index (χ0) is 15.5. The van der Waals surface area contributed by atoms with E-state index in [2.05, 4.69) is 26.4 Å². The number of nitrogens with zero attached hydrogens (tertiary/aromatic N) is 4. The van der Waals surface area contributed by atoms with Crippen LogP contribution in [0.25, 0.3) is 16.8 Å². The lowest BCUT2D eigenvalue weighted by molar-refractivity contribution is 0.568. The molecule has 0 spiro atoms. The van der Waals surface area contributed by atoms with Gasteiger partial charge in [-0.1, -0.05) is 6.07 Å². The van der Waals surface area contributed by atoms with Crippen LogP contribution in [0.5, 0.6) is 0 Å². The molecule has 0 aliphatic carbocycles. The zero-order valence-electron chi connectivity index (χ0n) is 12.4. The first-order valence-electron chi connectivity index (χ1n) is 7.40. The van der Waals surface area contributed by atoms with Crippen molar-refractivity contribution >= 4 is 11.5 Å². The predicted octanol–water partition coefficient (Wildman–Crippen LogP) is 3.04. The van der Waals surface area contributed by atoms with Gasteiger partial charge in [-0.2, -0.15) is 9.61 Å². The highest BCUT2D eigenvalue weighted by Crippen LogP contribution is 2.25. The van der Waals surface area contributed by atoms with Crippen molar-refractivity contribution in [2.45, 2.75) is 6.42 Å². The molecule has 4 heterocycles. The normalized spacial score (nSPS) is 11.0. The molecule has 1 N–H and O–H groups in total. The number of rotatable bonds is 5. The number of pyridine rings is 1. The Morgan fingerprint density at radius 1 is 1.13 bits per heavy atom. The molecule has 23 heavy (non-hydrogen) atoms. The average Bonchev–Trinajstić information content (AvgIpc) is 3.25. The first-order chi connectivity index (χ1) is 11.4. The topological polar surface area (TPSA) is 68.2 Å². The second kappa shape index (κ2) is 5.92. The van der Waals surface area contributed by atoms with Gasteiger partial charge in [-0.15, -0.1) is 0 Å². The second-order valence-corrected chi connectivity index (χ2v) is 5.17. The molecule has 0 saturated heterocycles. The van der Waals surface area contributed by atoms with Gasteiger partial charge in [0, 0.05) is 36.3 Å². The van der Waals surface area contributed by atoms with E-state index in [0.29, 0.717) is 0 Å². The van der Waals surface area contributed by atoms with Crippen molar-refractivity contribution in [2.24, 2.45) is 0 Å². The highest BCUT2D eigenvalue weighted by atomic mass is 16.3. The van der Waals surface area contributed by atoms with Crippen LogP contribution in [0.3, 0.4) is 0 Å². The van der Waals surface area contributed by atoms with Crippen molar-refractivity contribution in [3.8, 4) is 11.1 Å². The number of nitrogens with one attached hydrogen (secondary N) is 1. The first kappa shape index (κ1) is 13.5. The lowest BCUT2D eigenvalue weighted by Crippen LogP contribution is -2.09. The van der Waals surface area contributed by atoms with E-state index in [0.717, 1.165) is 35.6 Å². The Morgan fingerprint density at radius 2 is 2.13 bits per heavy atom. The van der Waals surface area contributed by atoms with Crippen molar-refractivity contribution in [1.29, 1.82) is 0 Å². The summed E-state index contributed by atoms with van der Waals surface area (Å²) < 4.78 is 6.96. The highest BCUT2D eigenvalue weighted by Gasteiger charge is 2.11. The standard InChI is InChI=1S/C17H15N5O/c1-2-13(10-18-6-1)3-7-19-16-4-8-20-17-15(11-21-22(16)17)14-5-9-23-12-14/h1-2,4-6,8-12,19H,3,7H2. The lowest BCUT2D eigenvalue weighted by Gasteiger charge is -2.08. The Kier molecular flexibility index (Phi) is 3.48. The van der Waals surface area contributed by atoms with Crippen LogP contribution in [-0.2, 0) is 6.42 Å². The monoisotopic (exact) mass is 305 g/mol. The summed E-state index contributed by atoms with van der Waals surface area (Å²) in [5, 5.41) is 7.84. The van der Waals surface area contributed by atoms with Gasteiger partial charge in [0.2, 0.25) is 0 Å². The summed E-state index contributed by atoms with van der Waals surface area (Å²) in [6.45, 7) is 0.797. The molecule has 0 aliphatic heterocycles. The van der Waals surface area contributed by atoms with Crippen molar-refractivity contribution in [2.75, 3.05) is 11.9 Å². The summed E-state index contributed by atoms with van der Waals surface area (Å²) in [6.07, 6.45) is 11.5. The number of aromatic nitrogens is 4. The molecular formula is C17H15N5O. The van der Waals surface area contributed by atoms with Gasteiger partial charge in [-0.25, -0.2) is 4.98 Å². The maximum absolute atomic E-state index is 5.14. The Hall–Kier alpha value is -3.15. The van der Waals surface area contributed by atoms with E-state index >= 15 is 0 Å². The maximum atomic E-state index is 5.14. The van der Waals surface area contributed by atoms with Gasteiger partial charge >= 0.3 is 0 Å². The number of hydrogen-bond donors (Lipinski definition) is 1. The molecule has 4 aromatic rings. The Bertz CT molecular complexity index is 899. The molecule has 4 rings (SSSR count). The molecule has 6 heteroatoms. The average molecular weight is 305 g/mol. The Morgan fingerprint density at radius 3 is 2.96 bits per heavy atom. The van der Waals surface area contributed by atoms with Gasteiger partial charge in [-0.05, 0) is 30.2 Å². The van der Waals surface area contributed by atoms with E-state index in [1.165, 1.54) is 5.56 Å². The van der Waals surface area contributed by atoms with Crippen LogP contribution in [0.4, 0.5) is 5.82 Å². The van der Waals surface area contributed by atoms with Crippen LogP contribution in [0.2, 0.25) is 0 Å². The van der Waals surface area contributed by atoms with Crippen molar-refractivity contribution < 1.29 is 4.42 Å². The molecule has 0 fully saturated rings. The van der Waals surface area contributed by atoms with E-state index < -0.39 is 0 Å². The molecule has 4 aromatic heterocycles. The van der Waals surface area contributed by atoms with Gasteiger partial charge in [0.1, 0.15) is 5.82 Å². The molecule has 0 amide bonds. The minimum absolute atomic E-state index is 0.797. The second-order valence-electron chi connectivity index (χ2n) is 5.17. The fourth-order valence-electron chi connectivity index (χ4n) is 2.53. The SMILES string of the molecule is c1cncc(CCNc2ccnc3c(-c4ccoc4)cnn23)c1. The summed E-state index contributed by atoms with van der Waals surface area (Å²) in [6, 6.07) is 7.84. The number of furan rings is 1. The number of anilines is 1. The Balaban J connectivity index is 1.56. The van der Waals surface area contributed by atoms with E-state index in [4.69, 9.17) is 4.42 Å². The molecule has 0 bridgehead atoms. The van der Waals surface area contributed by atoms with E-state index in [9.17, 15) is 0 Å². The molecule has 6 nitrogen and oxygen atoms in total. The molecule has 114 valence electrons. The predicted molar refractivity (Wildman–Crippen MR) is 87.1 cm³/mol. The van der Waals surface area contributed by atoms with Crippen LogP contribution in [0, 0.1) is 0 Å². The minimum Gasteiger partial charge on any atom is -0.472 e. The lowest BCUT2D eigenvalue weighted by atomic mass is 10.2. The summed E-state index contributed by atoms with van der Waals surface area (Å²) in [7, 11) is 0. The fourth-order valence-corrected chi connectivity index (χ4v) is 2.53. The van der Waals surface area contributed by atoms with E-state index in [-0.39, 0.29) is 0 Å². The molecule has 0 radical (unpaired) electrons. The molecule has 0 atom stereocenters. The molecule has 0 unspecified atom stereocenters. The van der Waals surface area contributed by atoms with Crippen LogP contribution >= 0.6 is 0 Å². The van der Waals surface area contributed by atoms with Gasteiger partial charge in [0.25, 0.3) is 0 Å². The van der Waals surface area contributed by atoms with Crippen LogP contribution in [-0.4, -0.2) is 26.1 Å². The minimum atomic E-state index is 0.797. The molecule has 0 aliphatic rings. The van der Waals surface area contributed by atoms with Gasteiger partial charge in [0.05, 0.1) is 18.7 Å². The number of hydrogen-bond acceptors (Lipinski definition) is 5. The summed E-state index contributed by atoms with van der Waals surface area (Å²) >= 11 is 0. The summed E-state index contributed by atoms with van der Waals surface area (Å²) in [5.74, 6) is 0.911. The fraction of sp³-hybridized carbons (Fsp3) is 0.118. The number of fused-ring (bicyclic) bond motifs is 1. The molecule has 0 aromatic carbocycles. The third kappa shape index (κ3) is 2.66. The molecule has 0 saturated carbocycles. The Labute approximate surface area is 132 Å². The van der Waals surface area contributed by atoms with E-state index in [1.807, 2.05) is 28.9 Å². The van der Waals surface area contributed by atoms with Crippen LogP contribution in [0.15, 0.2) is 66.0 Å². The largest absolute Gasteiger partial charge is 0.472 e. The first-order valence-corrected chi connectivity index (χ1v) is 7.40. The van der Waals surface area contributed by atoms with Crippen LogP contribution in [0.1, 0.15) is 5.56 Å². The maximum Gasteiger partial charge on any atom is 0.165 e. The smallest absolute Gasteiger partial charge is 0.165 e. The third-order valence-electron chi connectivity index (χ3n) is 3.68. The summed E-state index contributed by atoms with van der Waals surface area (Å²) in [5.41, 5.74) is 3.93. The van der Waals surface area contributed by atoms with Crippen LogP contribution < -0.4 is 5.32 Å². The van der Waals surface area contributed by atoms with Gasteiger partial charge < -0.3 is 9.73 Å². The quantitative estimate of drug-likeness (QED) is 0.614.